The van der Waals surface area contributed by atoms with Crippen LogP contribution >= 0.6 is 11.6 Å². The van der Waals surface area contributed by atoms with E-state index in [0.29, 0.717) is 16.8 Å². The van der Waals surface area contributed by atoms with Crippen LogP contribution in [-0.2, 0) is 4.74 Å². The average molecular weight is 342 g/mol. The number of nitrogens with zero attached hydrogens (tertiary/aromatic N) is 1. The maximum Gasteiger partial charge on any atom is 0.387 e. The van der Waals surface area contributed by atoms with Gasteiger partial charge < -0.3 is 9.47 Å². The highest BCUT2D eigenvalue weighted by Crippen LogP contribution is 2.31. The van der Waals surface area contributed by atoms with Gasteiger partial charge in [-0.25, -0.2) is 9.78 Å². The Balaban J connectivity index is 2.50. The molecule has 1 aromatic heterocycles. The predicted molar refractivity (Wildman–Crippen MR) is 82.1 cm³/mol. The minimum absolute atomic E-state index is 0.0140. The SMILES string of the molecule is COC(=O)c1nc(-c2ccc(OC(F)F)cc2)c(C)c(C)c1Cl. The van der Waals surface area contributed by atoms with Gasteiger partial charge >= 0.3 is 12.6 Å². The average Bonchev–Trinajstić information content (AvgIpc) is 2.53. The lowest BCUT2D eigenvalue weighted by Crippen LogP contribution is -2.09. The third-order valence-corrected chi connectivity index (χ3v) is 3.87. The number of hydrogen-bond donors (Lipinski definition) is 0. The van der Waals surface area contributed by atoms with Gasteiger partial charge in [0.15, 0.2) is 5.69 Å². The topological polar surface area (TPSA) is 48.4 Å². The molecule has 1 aromatic carbocycles. The van der Waals surface area contributed by atoms with Crippen LogP contribution in [0.3, 0.4) is 0 Å². The molecule has 4 nitrogen and oxygen atoms in total. The van der Waals surface area contributed by atoms with Crippen molar-refractivity contribution in [2.75, 3.05) is 7.11 Å². The predicted octanol–water partition coefficient (Wildman–Crippen LogP) is 4.41. The maximum atomic E-state index is 12.2. The van der Waals surface area contributed by atoms with Crippen LogP contribution in [0.5, 0.6) is 5.75 Å². The van der Waals surface area contributed by atoms with Crippen molar-refractivity contribution in [3.63, 3.8) is 0 Å². The van der Waals surface area contributed by atoms with Crippen LogP contribution in [-0.4, -0.2) is 24.7 Å². The van der Waals surface area contributed by atoms with E-state index in [9.17, 15) is 13.6 Å². The highest BCUT2D eigenvalue weighted by atomic mass is 35.5. The van der Waals surface area contributed by atoms with Crippen molar-refractivity contribution >= 4 is 17.6 Å². The van der Waals surface area contributed by atoms with E-state index in [1.165, 1.54) is 19.2 Å². The van der Waals surface area contributed by atoms with Gasteiger partial charge in [0, 0.05) is 5.56 Å². The summed E-state index contributed by atoms with van der Waals surface area (Å²) in [5.74, 6) is -0.600. The maximum absolute atomic E-state index is 12.2. The number of hydrogen-bond acceptors (Lipinski definition) is 4. The number of pyridine rings is 1. The molecule has 7 heteroatoms. The number of aromatic nitrogens is 1. The molecule has 0 amide bonds. The van der Waals surface area contributed by atoms with Crippen molar-refractivity contribution in [1.82, 2.24) is 4.98 Å². The van der Waals surface area contributed by atoms with Gasteiger partial charge in [0.05, 0.1) is 17.8 Å². The van der Waals surface area contributed by atoms with E-state index in [4.69, 9.17) is 11.6 Å². The second-order valence-corrected chi connectivity index (χ2v) is 5.15. The van der Waals surface area contributed by atoms with Crippen molar-refractivity contribution in [2.45, 2.75) is 20.5 Å². The number of ether oxygens (including phenoxy) is 2. The molecule has 122 valence electrons. The van der Waals surface area contributed by atoms with Gasteiger partial charge in [-0.3, -0.25) is 0 Å². The molecule has 0 radical (unpaired) electrons. The Hall–Kier alpha value is -2.21. The van der Waals surface area contributed by atoms with E-state index in [-0.39, 0.29) is 16.5 Å². The minimum atomic E-state index is -2.88. The van der Waals surface area contributed by atoms with Crippen LogP contribution in [0.2, 0.25) is 5.02 Å². The molecule has 0 bridgehead atoms. The van der Waals surface area contributed by atoms with Gasteiger partial charge in [-0.2, -0.15) is 8.78 Å². The zero-order valence-electron chi connectivity index (χ0n) is 12.7. The number of alkyl halides is 2. The second kappa shape index (κ2) is 6.91. The molecule has 2 aromatic rings. The van der Waals surface area contributed by atoms with Gasteiger partial charge in [-0.05, 0) is 49.2 Å². The molecule has 0 fully saturated rings. The molecule has 0 N–H and O–H groups in total. The summed E-state index contributed by atoms with van der Waals surface area (Å²) in [4.78, 5) is 16.1. The Morgan fingerprint density at radius 2 is 1.78 bits per heavy atom. The Bertz CT molecular complexity index is 733. The van der Waals surface area contributed by atoms with Crippen molar-refractivity contribution < 1.29 is 23.0 Å². The minimum Gasteiger partial charge on any atom is -0.464 e. The van der Waals surface area contributed by atoms with E-state index in [0.717, 1.165) is 5.56 Å². The zero-order chi connectivity index (χ0) is 17.1. The summed E-state index contributed by atoms with van der Waals surface area (Å²) >= 11 is 6.15. The molecule has 0 spiro atoms. The Labute approximate surface area is 137 Å². The molecule has 23 heavy (non-hydrogen) atoms. The van der Waals surface area contributed by atoms with Crippen LogP contribution in [0, 0.1) is 13.8 Å². The van der Waals surface area contributed by atoms with Gasteiger partial charge in [0.1, 0.15) is 5.75 Å². The third-order valence-electron chi connectivity index (χ3n) is 3.41. The molecular weight excluding hydrogens is 328 g/mol. The number of methoxy groups -OCH3 is 1. The molecule has 0 unspecified atom stereocenters. The van der Waals surface area contributed by atoms with Crippen molar-refractivity contribution in [3.8, 4) is 17.0 Å². The summed E-state index contributed by atoms with van der Waals surface area (Å²) in [6.07, 6.45) is 0. The van der Waals surface area contributed by atoms with Gasteiger partial charge in [0.25, 0.3) is 0 Å². The van der Waals surface area contributed by atoms with Crippen molar-refractivity contribution in [2.24, 2.45) is 0 Å². The smallest absolute Gasteiger partial charge is 0.387 e. The molecule has 0 aliphatic rings. The number of benzene rings is 1. The van der Waals surface area contributed by atoms with E-state index in [1.807, 2.05) is 6.92 Å². The van der Waals surface area contributed by atoms with Crippen molar-refractivity contribution in [3.05, 3.63) is 46.1 Å². The first-order valence-electron chi connectivity index (χ1n) is 6.65. The Kier molecular flexibility index (Phi) is 5.15. The number of carbonyl (C=O) groups excluding carboxylic acids is 1. The molecule has 0 aliphatic carbocycles. The molecule has 0 aliphatic heterocycles. The largest absolute Gasteiger partial charge is 0.464 e. The van der Waals surface area contributed by atoms with E-state index < -0.39 is 12.6 Å². The lowest BCUT2D eigenvalue weighted by Gasteiger charge is -2.13. The molecule has 0 saturated carbocycles. The molecule has 0 saturated heterocycles. The molecule has 2 rings (SSSR count). The number of esters is 1. The summed E-state index contributed by atoms with van der Waals surface area (Å²) < 4.78 is 33.4. The van der Waals surface area contributed by atoms with Crippen LogP contribution < -0.4 is 4.74 Å². The van der Waals surface area contributed by atoms with Gasteiger partial charge in [0.2, 0.25) is 0 Å². The highest BCUT2D eigenvalue weighted by Gasteiger charge is 2.20. The van der Waals surface area contributed by atoms with Crippen LogP contribution in [0.15, 0.2) is 24.3 Å². The first kappa shape index (κ1) is 17.1. The van der Waals surface area contributed by atoms with E-state index in [2.05, 4.69) is 14.5 Å². The Morgan fingerprint density at radius 1 is 1.17 bits per heavy atom. The third kappa shape index (κ3) is 3.59. The summed E-state index contributed by atoms with van der Waals surface area (Å²) in [5, 5.41) is 0.232. The summed E-state index contributed by atoms with van der Waals surface area (Å²) in [6, 6.07) is 5.98. The molecule has 0 atom stereocenters. The quantitative estimate of drug-likeness (QED) is 0.773. The lowest BCUT2D eigenvalue weighted by atomic mass is 10.0. The lowest BCUT2D eigenvalue weighted by molar-refractivity contribution is -0.0498. The van der Waals surface area contributed by atoms with E-state index in [1.54, 1.807) is 19.1 Å². The standard InChI is InChI=1S/C16H14ClF2NO3/c1-8-9(2)13(20-14(12(8)17)15(21)22-3)10-4-6-11(7-5-10)23-16(18)19/h4-7,16H,1-3H3. The van der Waals surface area contributed by atoms with Gasteiger partial charge in [-0.1, -0.05) is 11.6 Å². The monoisotopic (exact) mass is 341 g/mol. The molecule has 1 heterocycles. The summed E-state index contributed by atoms with van der Waals surface area (Å²) in [5.41, 5.74) is 2.67. The fraction of sp³-hybridized carbons (Fsp3) is 0.250. The number of rotatable bonds is 4. The fourth-order valence-electron chi connectivity index (χ4n) is 2.07. The normalized spacial score (nSPS) is 10.7. The summed E-state index contributed by atoms with van der Waals surface area (Å²) in [6.45, 7) is 0.696. The van der Waals surface area contributed by atoms with Crippen LogP contribution in [0.4, 0.5) is 8.78 Å². The highest BCUT2D eigenvalue weighted by molar-refractivity contribution is 6.34. The first-order valence-corrected chi connectivity index (χ1v) is 7.03. The molecular formula is C16H14ClF2NO3. The van der Waals surface area contributed by atoms with E-state index >= 15 is 0 Å². The second-order valence-electron chi connectivity index (χ2n) is 4.77. The zero-order valence-corrected chi connectivity index (χ0v) is 13.4. The summed E-state index contributed by atoms with van der Waals surface area (Å²) in [7, 11) is 1.24. The van der Waals surface area contributed by atoms with Crippen molar-refractivity contribution in [1.29, 1.82) is 0 Å². The van der Waals surface area contributed by atoms with Crippen LogP contribution in [0.25, 0.3) is 11.3 Å². The van der Waals surface area contributed by atoms with Crippen LogP contribution in [0.1, 0.15) is 21.6 Å². The number of halogens is 3. The fourth-order valence-corrected chi connectivity index (χ4v) is 2.33. The first-order chi connectivity index (χ1) is 10.8. The van der Waals surface area contributed by atoms with Gasteiger partial charge in [-0.15, -0.1) is 0 Å². The number of carbonyl (C=O) groups is 1. The Morgan fingerprint density at radius 3 is 2.30 bits per heavy atom.